The first-order chi connectivity index (χ1) is 9.20. The molecule has 5 nitrogen and oxygen atoms in total. The van der Waals surface area contributed by atoms with Gasteiger partial charge in [0.25, 0.3) is 0 Å². The monoisotopic (exact) mass is 261 g/mol. The Labute approximate surface area is 110 Å². The minimum absolute atomic E-state index is 0.0451. The summed E-state index contributed by atoms with van der Waals surface area (Å²) in [5, 5.41) is 21.2. The van der Waals surface area contributed by atoms with Gasteiger partial charge in [0.15, 0.2) is 0 Å². The zero-order valence-electron chi connectivity index (χ0n) is 10.2. The minimum Gasteiger partial charge on any atom is -0.475 e. The fourth-order valence-corrected chi connectivity index (χ4v) is 1.78. The normalized spacial score (nSPS) is 12.3. The Balaban J connectivity index is 1.98. The van der Waals surface area contributed by atoms with E-state index in [-0.39, 0.29) is 18.4 Å². The molecule has 0 bridgehead atoms. The summed E-state index contributed by atoms with van der Waals surface area (Å²) in [5.41, 5.74) is 0.968. The first kappa shape index (κ1) is 13.3. The van der Waals surface area contributed by atoms with Gasteiger partial charge in [-0.05, 0) is 17.7 Å². The van der Waals surface area contributed by atoms with Crippen molar-refractivity contribution in [1.29, 1.82) is 0 Å². The molecule has 1 aromatic carbocycles. The quantitative estimate of drug-likeness (QED) is 0.738. The maximum Gasteiger partial charge on any atom is 0.371 e. The fourth-order valence-electron chi connectivity index (χ4n) is 1.78. The number of rotatable bonds is 6. The van der Waals surface area contributed by atoms with E-state index < -0.39 is 5.97 Å². The van der Waals surface area contributed by atoms with Crippen LogP contribution in [-0.4, -0.2) is 22.8 Å². The van der Waals surface area contributed by atoms with Crippen LogP contribution < -0.4 is 5.32 Å². The van der Waals surface area contributed by atoms with Gasteiger partial charge in [0, 0.05) is 0 Å². The lowest BCUT2D eigenvalue weighted by atomic mass is 10.1. The summed E-state index contributed by atoms with van der Waals surface area (Å²) in [6.45, 7) is 0.309. The number of hydrogen-bond acceptors (Lipinski definition) is 4. The fraction of sp³-hybridized carbons (Fsp3) is 0.214. The van der Waals surface area contributed by atoms with E-state index in [4.69, 9.17) is 9.52 Å². The Morgan fingerprint density at radius 2 is 1.95 bits per heavy atom. The molecular formula is C14H15NO4. The molecule has 100 valence electrons. The highest BCUT2D eigenvalue weighted by molar-refractivity contribution is 5.84. The van der Waals surface area contributed by atoms with Crippen molar-refractivity contribution in [2.45, 2.75) is 12.6 Å². The largest absolute Gasteiger partial charge is 0.475 e. The van der Waals surface area contributed by atoms with Gasteiger partial charge in [-0.25, -0.2) is 4.79 Å². The molecule has 19 heavy (non-hydrogen) atoms. The number of aromatic carboxylic acids is 1. The van der Waals surface area contributed by atoms with Crippen LogP contribution in [0.15, 0.2) is 46.9 Å². The second-order valence-corrected chi connectivity index (χ2v) is 4.10. The van der Waals surface area contributed by atoms with Crippen LogP contribution >= 0.6 is 0 Å². The minimum atomic E-state index is -1.09. The molecule has 0 radical (unpaired) electrons. The highest BCUT2D eigenvalue weighted by Gasteiger charge is 2.12. The molecule has 5 heteroatoms. The Morgan fingerprint density at radius 1 is 1.21 bits per heavy atom. The van der Waals surface area contributed by atoms with Crippen molar-refractivity contribution in [3.8, 4) is 0 Å². The molecule has 2 rings (SSSR count). The van der Waals surface area contributed by atoms with E-state index >= 15 is 0 Å². The number of furan rings is 1. The Hall–Kier alpha value is -2.11. The highest BCUT2D eigenvalue weighted by Crippen LogP contribution is 2.14. The van der Waals surface area contributed by atoms with E-state index in [0.29, 0.717) is 12.3 Å². The molecule has 0 unspecified atom stereocenters. The van der Waals surface area contributed by atoms with Crippen molar-refractivity contribution in [3.63, 3.8) is 0 Å². The third-order valence-corrected chi connectivity index (χ3v) is 2.78. The van der Waals surface area contributed by atoms with Gasteiger partial charge in [-0.15, -0.1) is 0 Å². The van der Waals surface area contributed by atoms with Crippen LogP contribution in [0.5, 0.6) is 0 Å². The topological polar surface area (TPSA) is 82.7 Å². The van der Waals surface area contributed by atoms with Gasteiger partial charge in [0.1, 0.15) is 5.76 Å². The second kappa shape index (κ2) is 6.17. The summed E-state index contributed by atoms with van der Waals surface area (Å²) in [6.07, 6.45) is 0. The lowest BCUT2D eigenvalue weighted by molar-refractivity contribution is 0.0660. The predicted molar refractivity (Wildman–Crippen MR) is 68.8 cm³/mol. The molecule has 3 N–H and O–H groups in total. The van der Waals surface area contributed by atoms with Crippen molar-refractivity contribution in [2.75, 3.05) is 6.61 Å². The molecule has 0 aliphatic carbocycles. The zero-order valence-corrected chi connectivity index (χ0v) is 10.2. The van der Waals surface area contributed by atoms with E-state index in [1.807, 2.05) is 30.3 Å². The number of carbonyl (C=O) groups is 1. The van der Waals surface area contributed by atoms with Gasteiger partial charge >= 0.3 is 5.97 Å². The van der Waals surface area contributed by atoms with Gasteiger partial charge in [-0.3, -0.25) is 0 Å². The predicted octanol–water partition coefficient (Wildman–Crippen LogP) is 1.80. The van der Waals surface area contributed by atoms with Crippen LogP contribution in [-0.2, 0) is 6.54 Å². The van der Waals surface area contributed by atoms with Gasteiger partial charge in [-0.1, -0.05) is 30.3 Å². The molecule has 0 amide bonds. The standard InChI is InChI=1S/C14H15NO4/c16-9-12(10-4-2-1-3-5-10)15-8-11-6-7-13(19-11)14(17)18/h1-7,12,15-16H,8-9H2,(H,17,18)/t12-/m0/s1. The van der Waals surface area contributed by atoms with Crippen molar-refractivity contribution < 1.29 is 19.4 Å². The maximum absolute atomic E-state index is 10.7. The molecule has 2 aromatic rings. The number of nitrogens with one attached hydrogen (secondary N) is 1. The maximum atomic E-state index is 10.7. The first-order valence-electron chi connectivity index (χ1n) is 5.92. The van der Waals surface area contributed by atoms with Crippen LogP contribution in [0.3, 0.4) is 0 Å². The molecule has 0 fully saturated rings. The number of aliphatic hydroxyl groups excluding tert-OH is 1. The lowest BCUT2D eigenvalue weighted by Crippen LogP contribution is -2.23. The van der Waals surface area contributed by atoms with Crippen LogP contribution in [0.25, 0.3) is 0 Å². The number of carboxylic acids is 1. The molecule has 1 heterocycles. The Morgan fingerprint density at radius 3 is 2.53 bits per heavy atom. The average molecular weight is 261 g/mol. The third-order valence-electron chi connectivity index (χ3n) is 2.78. The third kappa shape index (κ3) is 3.43. The summed E-state index contributed by atoms with van der Waals surface area (Å²) in [5.74, 6) is -0.656. The second-order valence-electron chi connectivity index (χ2n) is 4.10. The van der Waals surface area contributed by atoms with Crippen molar-refractivity contribution >= 4 is 5.97 Å². The molecule has 0 aliphatic heterocycles. The number of benzene rings is 1. The van der Waals surface area contributed by atoms with Crippen molar-refractivity contribution in [2.24, 2.45) is 0 Å². The summed E-state index contributed by atoms with van der Waals surface area (Å²) in [7, 11) is 0. The van der Waals surface area contributed by atoms with Gasteiger partial charge in [0.05, 0.1) is 19.2 Å². The van der Waals surface area contributed by atoms with E-state index in [2.05, 4.69) is 5.32 Å². The molecule has 0 spiro atoms. The van der Waals surface area contributed by atoms with Crippen LogP contribution in [0, 0.1) is 0 Å². The van der Waals surface area contributed by atoms with Crippen LogP contribution in [0.4, 0.5) is 0 Å². The van der Waals surface area contributed by atoms with Crippen LogP contribution in [0.2, 0.25) is 0 Å². The van der Waals surface area contributed by atoms with Gasteiger partial charge in [0.2, 0.25) is 5.76 Å². The Bertz CT molecular complexity index is 535. The van der Waals surface area contributed by atoms with E-state index in [1.54, 1.807) is 6.07 Å². The number of aliphatic hydroxyl groups is 1. The highest BCUT2D eigenvalue weighted by atomic mass is 16.4. The smallest absolute Gasteiger partial charge is 0.371 e. The van der Waals surface area contributed by atoms with Crippen molar-refractivity contribution in [3.05, 3.63) is 59.5 Å². The molecule has 0 saturated heterocycles. The summed E-state index contributed by atoms with van der Waals surface area (Å²) in [6, 6.07) is 12.3. The summed E-state index contributed by atoms with van der Waals surface area (Å²) < 4.78 is 5.13. The number of hydrogen-bond donors (Lipinski definition) is 3. The SMILES string of the molecule is O=C(O)c1ccc(CN[C@@H](CO)c2ccccc2)o1. The lowest BCUT2D eigenvalue weighted by Gasteiger charge is -2.15. The van der Waals surface area contributed by atoms with Crippen LogP contribution in [0.1, 0.15) is 27.9 Å². The van der Waals surface area contributed by atoms with E-state index in [1.165, 1.54) is 6.07 Å². The summed E-state index contributed by atoms with van der Waals surface area (Å²) >= 11 is 0. The average Bonchev–Trinajstić information content (AvgIpc) is 2.90. The zero-order chi connectivity index (χ0) is 13.7. The molecule has 0 aliphatic rings. The molecule has 1 aromatic heterocycles. The number of carboxylic acid groups (broad SMARTS) is 1. The van der Waals surface area contributed by atoms with Crippen molar-refractivity contribution in [1.82, 2.24) is 5.32 Å². The van der Waals surface area contributed by atoms with Gasteiger partial charge in [-0.2, -0.15) is 0 Å². The molecular weight excluding hydrogens is 246 g/mol. The van der Waals surface area contributed by atoms with Gasteiger partial charge < -0.3 is 19.9 Å². The van der Waals surface area contributed by atoms with E-state index in [0.717, 1.165) is 5.56 Å². The Kier molecular flexibility index (Phi) is 4.33. The van der Waals surface area contributed by atoms with E-state index in [9.17, 15) is 9.90 Å². The molecule has 0 saturated carbocycles. The molecule has 1 atom stereocenters. The summed E-state index contributed by atoms with van der Waals surface area (Å²) in [4.78, 5) is 10.7. The first-order valence-corrected chi connectivity index (χ1v) is 5.92.